The molecule has 1 aromatic heterocycles. The number of rotatable bonds is 3. The topological polar surface area (TPSA) is 70.1 Å². The van der Waals surface area contributed by atoms with E-state index < -0.39 is 5.97 Å². The van der Waals surface area contributed by atoms with Crippen LogP contribution in [0.5, 0.6) is 0 Å². The molecular formula is C13H13BrFN3O2. The summed E-state index contributed by atoms with van der Waals surface area (Å²) in [6.07, 6.45) is 1.41. The van der Waals surface area contributed by atoms with Crippen LogP contribution in [0.3, 0.4) is 0 Å². The number of esters is 1. The van der Waals surface area contributed by atoms with Gasteiger partial charge in [-0.1, -0.05) is 0 Å². The average molecular weight is 342 g/mol. The number of halogens is 2. The number of nitrogens with zero attached hydrogens (tertiary/aromatic N) is 2. The Kier molecular flexibility index (Phi) is 4.08. The summed E-state index contributed by atoms with van der Waals surface area (Å²) in [5.41, 5.74) is 7.27. The van der Waals surface area contributed by atoms with Gasteiger partial charge in [-0.3, -0.25) is 4.57 Å². The molecule has 0 fully saturated rings. The second-order valence-corrected chi connectivity index (χ2v) is 4.98. The van der Waals surface area contributed by atoms with Crippen molar-refractivity contribution in [3.8, 4) is 5.69 Å². The van der Waals surface area contributed by atoms with Gasteiger partial charge in [-0.05, 0) is 47.5 Å². The fraction of sp³-hybridized carbons (Fsp3) is 0.231. The molecule has 0 saturated heterocycles. The van der Waals surface area contributed by atoms with E-state index in [0.29, 0.717) is 15.7 Å². The van der Waals surface area contributed by atoms with Gasteiger partial charge in [-0.25, -0.2) is 14.2 Å². The van der Waals surface area contributed by atoms with E-state index in [1.165, 1.54) is 17.0 Å². The molecule has 106 valence electrons. The van der Waals surface area contributed by atoms with Crippen LogP contribution < -0.4 is 5.73 Å². The maximum absolute atomic E-state index is 13.4. The predicted molar refractivity (Wildman–Crippen MR) is 76.3 cm³/mol. The molecule has 1 aromatic carbocycles. The number of nitrogens with two attached hydrogens (primary N) is 1. The van der Waals surface area contributed by atoms with Crippen molar-refractivity contribution in [3.63, 3.8) is 0 Å². The predicted octanol–water partition coefficient (Wildman–Crippen LogP) is 2.84. The fourth-order valence-corrected chi connectivity index (χ4v) is 2.13. The van der Waals surface area contributed by atoms with Crippen LogP contribution in [0.1, 0.15) is 23.0 Å². The molecule has 0 spiro atoms. The highest BCUT2D eigenvalue weighted by molar-refractivity contribution is 9.10. The van der Waals surface area contributed by atoms with Crippen LogP contribution in [-0.2, 0) is 4.74 Å². The van der Waals surface area contributed by atoms with Gasteiger partial charge in [0.2, 0.25) is 0 Å². The van der Waals surface area contributed by atoms with E-state index in [9.17, 15) is 9.18 Å². The van der Waals surface area contributed by atoms with Crippen molar-refractivity contribution in [1.82, 2.24) is 9.55 Å². The van der Waals surface area contributed by atoms with Crippen molar-refractivity contribution in [2.45, 2.75) is 13.8 Å². The Balaban J connectivity index is 2.50. The first kappa shape index (κ1) is 14.5. The standard InChI is InChI=1S/C13H13BrFN3O2/c1-3-20-13(19)11-12(16)18(6-17-11)10-5-8(14)9(15)4-7(10)2/h4-6H,3,16H2,1-2H3. The lowest BCUT2D eigenvalue weighted by molar-refractivity contribution is 0.0521. The Hall–Kier alpha value is -1.89. The maximum Gasteiger partial charge on any atom is 0.360 e. The minimum Gasteiger partial charge on any atom is -0.461 e. The van der Waals surface area contributed by atoms with Crippen molar-refractivity contribution < 1.29 is 13.9 Å². The third kappa shape index (κ3) is 2.53. The van der Waals surface area contributed by atoms with Crippen LogP contribution in [0.15, 0.2) is 22.9 Å². The lowest BCUT2D eigenvalue weighted by Gasteiger charge is -2.10. The van der Waals surface area contributed by atoms with E-state index in [4.69, 9.17) is 10.5 Å². The fourth-order valence-electron chi connectivity index (χ4n) is 1.80. The van der Waals surface area contributed by atoms with Crippen molar-refractivity contribution in [2.24, 2.45) is 0 Å². The van der Waals surface area contributed by atoms with E-state index in [1.807, 2.05) is 0 Å². The Morgan fingerprint density at radius 3 is 2.90 bits per heavy atom. The van der Waals surface area contributed by atoms with Gasteiger partial charge < -0.3 is 10.5 Å². The lowest BCUT2D eigenvalue weighted by Crippen LogP contribution is -2.10. The number of ether oxygens (including phenoxy) is 1. The van der Waals surface area contributed by atoms with Crippen LogP contribution >= 0.6 is 15.9 Å². The molecule has 0 bridgehead atoms. The highest BCUT2D eigenvalue weighted by Crippen LogP contribution is 2.26. The van der Waals surface area contributed by atoms with Gasteiger partial charge in [0.25, 0.3) is 0 Å². The number of nitrogen functional groups attached to an aromatic ring is 1. The molecule has 0 atom stereocenters. The number of hydrogen-bond acceptors (Lipinski definition) is 4. The van der Waals surface area contributed by atoms with Crippen LogP contribution in [0, 0.1) is 12.7 Å². The van der Waals surface area contributed by atoms with E-state index in [2.05, 4.69) is 20.9 Å². The van der Waals surface area contributed by atoms with Crippen LogP contribution in [-0.4, -0.2) is 22.1 Å². The molecule has 20 heavy (non-hydrogen) atoms. The molecule has 0 unspecified atom stereocenters. The SMILES string of the molecule is CCOC(=O)c1ncn(-c2cc(Br)c(F)cc2C)c1N. The summed E-state index contributed by atoms with van der Waals surface area (Å²) in [4.78, 5) is 15.6. The smallest absolute Gasteiger partial charge is 0.360 e. The van der Waals surface area contributed by atoms with E-state index >= 15 is 0 Å². The number of anilines is 1. The van der Waals surface area contributed by atoms with Gasteiger partial charge in [0.1, 0.15) is 18.0 Å². The Bertz CT molecular complexity index is 670. The van der Waals surface area contributed by atoms with Crippen molar-refractivity contribution in [1.29, 1.82) is 0 Å². The highest BCUT2D eigenvalue weighted by atomic mass is 79.9. The quantitative estimate of drug-likeness (QED) is 0.871. The number of aryl methyl sites for hydroxylation is 1. The molecule has 0 aliphatic carbocycles. The Labute approximate surface area is 123 Å². The van der Waals surface area contributed by atoms with Crippen molar-refractivity contribution in [2.75, 3.05) is 12.3 Å². The average Bonchev–Trinajstić information content (AvgIpc) is 2.76. The summed E-state index contributed by atoms with van der Waals surface area (Å²) in [5, 5.41) is 0. The van der Waals surface area contributed by atoms with Crippen LogP contribution in [0.2, 0.25) is 0 Å². The Morgan fingerprint density at radius 1 is 1.55 bits per heavy atom. The van der Waals surface area contributed by atoms with E-state index in [1.54, 1.807) is 19.9 Å². The van der Waals surface area contributed by atoms with Gasteiger partial charge in [0.05, 0.1) is 16.8 Å². The number of hydrogen-bond donors (Lipinski definition) is 1. The molecule has 0 aliphatic rings. The molecule has 7 heteroatoms. The van der Waals surface area contributed by atoms with Gasteiger partial charge in [0.15, 0.2) is 5.69 Å². The molecule has 2 rings (SSSR count). The van der Waals surface area contributed by atoms with E-state index in [-0.39, 0.29) is 23.9 Å². The molecule has 0 amide bonds. The van der Waals surface area contributed by atoms with Gasteiger partial charge in [0, 0.05) is 0 Å². The summed E-state index contributed by atoms with van der Waals surface area (Å²) >= 11 is 3.12. The zero-order valence-corrected chi connectivity index (χ0v) is 12.6. The zero-order chi connectivity index (χ0) is 14.9. The van der Waals surface area contributed by atoms with Crippen molar-refractivity contribution >= 4 is 27.7 Å². The van der Waals surface area contributed by atoms with Crippen LogP contribution in [0.25, 0.3) is 5.69 Å². The largest absolute Gasteiger partial charge is 0.461 e. The monoisotopic (exact) mass is 341 g/mol. The van der Waals surface area contributed by atoms with Gasteiger partial charge >= 0.3 is 5.97 Å². The minimum absolute atomic E-state index is 0.0479. The number of carbonyl (C=O) groups is 1. The summed E-state index contributed by atoms with van der Waals surface area (Å²) in [5.74, 6) is -0.789. The first-order valence-corrected chi connectivity index (χ1v) is 6.71. The summed E-state index contributed by atoms with van der Waals surface area (Å²) in [6, 6.07) is 2.96. The number of aromatic nitrogens is 2. The zero-order valence-electron chi connectivity index (χ0n) is 11.0. The maximum atomic E-state index is 13.4. The van der Waals surface area contributed by atoms with Crippen LogP contribution in [0.4, 0.5) is 10.2 Å². The number of carbonyl (C=O) groups excluding carboxylic acids is 1. The lowest BCUT2D eigenvalue weighted by atomic mass is 10.2. The second-order valence-electron chi connectivity index (χ2n) is 4.12. The molecule has 0 aliphatic heterocycles. The number of imidazole rings is 1. The minimum atomic E-state index is -0.581. The molecule has 1 heterocycles. The molecule has 0 saturated carbocycles. The van der Waals surface area contributed by atoms with Gasteiger partial charge in [-0.15, -0.1) is 0 Å². The molecule has 5 nitrogen and oxygen atoms in total. The summed E-state index contributed by atoms with van der Waals surface area (Å²) in [6.45, 7) is 3.69. The molecule has 0 radical (unpaired) electrons. The normalized spacial score (nSPS) is 10.6. The summed E-state index contributed by atoms with van der Waals surface area (Å²) < 4.78 is 20.1. The van der Waals surface area contributed by atoms with Crippen molar-refractivity contribution in [3.05, 3.63) is 40.0 Å². The molecule has 2 N–H and O–H groups in total. The second kappa shape index (κ2) is 5.62. The summed E-state index contributed by atoms with van der Waals surface area (Å²) in [7, 11) is 0. The van der Waals surface area contributed by atoms with E-state index in [0.717, 1.165) is 0 Å². The first-order chi connectivity index (χ1) is 9.45. The highest BCUT2D eigenvalue weighted by Gasteiger charge is 2.19. The molecular weight excluding hydrogens is 329 g/mol. The third-order valence-corrected chi connectivity index (χ3v) is 3.38. The Morgan fingerprint density at radius 2 is 2.25 bits per heavy atom. The molecule has 2 aromatic rings. The van der Waals surface area contributed by atoms with Gasteiger partial charge in [-0.2, -0.15) is 0 Å². The first-order valence-electron chi connectivity index (χ1n) is 5.91. The number of benzene rings is 1. The third-order valence-electron chi connectivity index (χ3n) is 2.77.